The lowest BCUT2D eigenvalue weighted by atomic mass is 10.1. The van der Waals surface area contributed by atoms with E-state index in [0.717, 1.165) is 22.4 Å². The molecule has 1 aromatic heterocycles. The number of ether oxygens (including phenoxy) is 3. The first-order valence-electron chi connectivity index (χ1n) is 8.55. The van der Waals surface area contributed by atoms with E-state index in [1.165, 1.54) is 0 Å². The number of hydrogen-bond acceptors (Lipinski definition) is 6. The summed E-state index contributed by atoms with van der Waals surface area (Å²) in [6.07, 6.45) is 0. The summed E-state index contributed by atoms with van der Waals surface area (Å²) in [5, 5.41) is -0.130. The number of benzene rings is 2. The highest BCUT2D eigenvalue weighted by molar-refractivity contribution is 8.00. The molecule has 1 amide bonds. The van der Waals surface area contributed by atoms with Crippen LogP contribution in [-0.2, 0) is 11.3 Å². The molecule has 2 aromatic carbocycles. The highest BCUT2D eigenvalue weighted by Gasteiger charge is 2.35. The van der Waals surface area contributed by atoms with Crippen LogP contribution >= 0.6 is 11.8 Å². The standard InChI is InChI=1S/C19H17N3O4S/c1-24-14-6-11(7-15-18(14)26-10-25-15)19-22(17(23)9-27-19)8-16-20-12-4-2-3-5-13(12)21-16/h2-7,19H,8-10H2,1H3,(H,20,21). The molecule has 138 valence electrons. The molecule has 3 heterocycles. The molecule has 0 saturated carbocycles. The molecule has 2 aliphatic heterocycles. The Labute approximate surface area is 159 Å². The van der Waals surface area contributed by atoms with E-state index in [2.05, 4.69) is 9.97 Å². The Balaban J connectivity index is 1.48. The fraction of sp³-hybridized carbons (Fsp3) is 0.263. The first kappa shape index (κ1) is 16.3. The molecular formula is C19H17N3O4S. The molecule has 5 rings (SSSR count). The second-order valence-corrected chi connectivity index (χ2v) is 7.41. The summed E-state index contributed by atoms with van der Waals surface area (Å²) in [5.41, 5.74) is 2.81. The van der Waals surface area contributed by atoms with Crippen molar-refractivity contribution in [2.45, 2.75) is 11.9 Å². The molecule has 1 unspecified atom stereocenters. The SMILES string of the molecule is COc1cc(C2SCC(=O)N2Cc2nc3ccccc3[nH]2)cc2c1OCO2. The van der Waals surface area contributed by atoms with Crippen LogP contribution in [0.1, 0.15) is 16.8 Å². The third-order valence-corrected chi connectivity index (χ3v) is 5.95. The minimum absolute atomic E-state index is 0.0853. The van der Waals surface area contributed by atoms with Gasteiger partial charge < -0.3 is 24.1 Å². The normalized spacial score (nSPS) is 18.5. The minimum atomic E-state index is -0.130. The molecule has 1 N–H and O–H groups in total. The van der Waals surface area contributed by atoms with Crippen molar-refractivity contribution in [3.63, 3.8) is 0 Å². The number of nitrogens with one attached hydrogen (secondary N) is 1. The van der Waals surface area contributed by atoms with Gasteiger partial charge in [-0.2, -0.15) is 0 Å². The second-order valence-electron chi connectivity index (χ2n) is 6.34. The Morgan fingerprint density at radius 2 is 2.22 bits per heavy atom. The van der Waals surface area contributed by atoms with Crippen molar-refractivity contribution in [1.82, 2.24) is 14.9 Å². The highest BCUT2D eigenvalue weighted by atomic mass is 32.2. The number of carbonyl (C=O) groups excluding carboxylic acids is 1. The van der Waals surface area contributed by atoms with Crippen molar-refractivity contribution >= 4 is 28.7 Å². The van der Waals surface area contributed by atoms with Crippen molar-refractivity contribution in [1.29, 1.82) is 0 Å². The summed E-state index contributed by atoms with van der Waals surface area (Å²) in [6.45, 7) is 0.594. The van der Waals surface area contributed by atoms with Gasteiger partial charge in [0.15, 0.2) is 11.5 Å². The number of methoxy groups -OCH3 is 1. The Morgan fingerprint density at radius 3 is 3.07 bits per heavy atom. The number of rotatable bonds is 4. The van der Waals surface area contributed by atoms with Crippen molar-refractivity contribution in [2.24, 2.45) is 0 Å². The Bertz CT molecular complexity index is 1000. The van der Waals surface area contributed by atoms with E-state index in [4.69, 9.17) is 14.2 Å². The van der Waals surface area contributed by atoms with Crippen LogP contribution in [0.2, 0.25) is 0 Å². The predicted molar refractivity (Wildman–Crippen MR) is 101 cm³/mol. The largest absolute Gasteiger partial charge is 0.493 e. The number of hydrogen-bond donors (Lipinski definition) is 1. The molecule has 1 fully saturated rings. The summed E-state index contributed by atoms with van der Waals surface area (Å²) in [4.78, 5) is 22.3. The summed E-state index contributed by atoms with van der Waals surface area (Å²) in [7, 11) is 1.60. The van der Waals surface area contributed by atoms with Gasteiger partial charge in [0.2, 0.25) is 18.4 Å². The Kier molecular flexibility index (Phi) is 3.86. The van der Waals surface area contributed by atoms with Crippen LogP contribution in [0.3, 0.4) is 0 Å². The van der Waals surface area contributed by atoms with Gasteiger partial charge in [-0.25, -0.2) is 4.98 Å². The fourth-order valence-electron chi connectivity index (χ4n) is 3.44. The lowest BCUT2D eigenvalue weighted by Crippen LogP contribution is -2.28. The third kappa shape index (κ3) is 2.76. The van der Waals surface area contributed by atoms with Crippen LogP contribution in [0.15, 0.2) is 36.4 Å². The van der Waals surface area contributed by atoms with Gasteiger partial charge in [0.25, 0.3) is 0 Å². The van der Waals surface area contributed by atoms with Crippen LogP contribution in [-0.4, -0.2) is 40.4 Å². The first-order chi connectivity index (χ1) is 13.2. The molecule has 7 nitrogen and oxygen atoms in total. The highest BCUT2D eigenvalue weighted by Crippen LogP contribution is 2.47. The van der Waals surface area contributed by atoms with Gasteiger partial charge in [0, 0.05) is 0 Å². The van der Waals surface area contributed by atoms with Crippen LogP contribution in [0.5, 0.6) is 17.2 Å². The maximum absolute atomic E-state index is 12.5. The zero-order valence-corrected chi connectivity index (χ0v) is 15.4. The number of H-pyrrole nitrogens is 1. The number of imidazole rings is 1. The lowest BCUT2D eigenvalue weighted by molar-refractivity contribution is -0.128. The monoisotopic (exact) mass is 383 g/mol. The van der Waals surface area contributed by atoms with E-state index in [0.29, 0.717) is 29.5 Å². The number of amides is 1. The van der Waals surface area contributed by atoms with Gasteiger partial charge in [-0.05, 0) is 29.8 Å². The predicted octanol–water partition coefficient (Wildman–Crippen LogP) is 3.07. The van der Waals surface area contributed by atoms with Crippen molar-refractivity contribution in [3.8, 4) is 17.2 Å². The van der Waals surface area contributed by atoms with Crippen molar-refractivity contribution < 1.29 is 19.0 Å². The Morgan fingerprint density at radius 1 is 1.33 bits per heavy atom. The van der Waals surface area contributed by atoms with E-state index in [1.54, 1.807) is 18.9 Å². The summed E-state index contributed by atoms with van der Waals surface area (Å²) in [6, 6.07) is 11.7. The first-order valence-corrected chi connectivity index (χ1v) is 9.60. The Hall–Kier alpha value is -2.87. The smallest absolute Gasteiger partial charge is 0.234 e. The maximum atomic E-state index is 12.5. The molecular weight excluding hydrogens is 366 g/mol. The molecule has 2 aliphatic rings. The quantitative estimate of drug-likeness (QED) is 0.746. The minimum Gasteiger partial charge on any atom is -0.493 e. The number of thioether (sulfide) groups is 1. The van der Waals surface area contributed by atoms with Crippen LogP contribution in [0, 0.1) is 0 Å². The summed E-state index contributed by atoms with van der Waals surface area (Å²) < 4.78 is 16.4. The number of carbonyl (C=O) groups is 1. The number of para-hydroxylation sites is 2. The summed E-state index contributed by atoms with van der Waals surface area (Å²) >= 11 is 1.59. The third-order valence-electron chi connectivity index (χ3n) is 4.69. The van der Waals surface area contributed by atoms with E-state index in [9.17, 15) is 4.79 Å². The van der Waals surface area contributed by atoms with Crippen molar-refractivity contribution in [3.05, 3.63) is 47.8 Å². The second kappa shape index (κ2) is 6.38. The average molecular weight is 383 g/mol. The van der Waals surface area contributed by atoms with E-state index < -0.39 is 0 Å². The molecule has 0 spiro atoms. The molecule has 0 bridgehead atoms. The average Bonchev–Trinajstić information content (AvgIpc) is 3.39. The molecule has 27 heavy (non-hydrogen) atoms. The van der Waals surface area contributed by atoms with Crippen LogP contribution in [0.4, 0.5) is 0 Å². The zero-order valence-electron chi connectivity index (χ0n) is 14.6. The van der Waals surface area contributed by atoms with Gasteiger partial charge >= 0.3 is 0 Å². The maximum Gasteiger partial charge on any atom is 0.234 e. The fourth-order valence-corrected chi connectivity index (χ4v) is 4.60. The van der Waals surface area contributed by atoms with E-state index in [1.807, 2.05) is 41.3 Å². The molecule has 0 aliphatic carbocycles. The molecule has 8 heteroatoms. The topological polar surface area (TPSA) is 76.7 Å². The lowest BCUT2D eigenvalue weighted by Gasteiger charge is -2.24. The molecule has 0 radical (unpaired) electrons. The summed E-state index contributed by atoms with van der Waals surface area (Å²) in [5.74, 6) is 3.16. The van der Waals surface area contributed by atoms with Crippen LogP contribution in [0.25, 0.3) is 11.0 Å². The number of fused-ring (bicyclic) bond motifs is 2. The van der Waals surface area contributed by atoms with E-state index in [-0.39, 0.29) is 18.1 Å². The zero-order chi connectivity index (χ0) is 18.4. The molecule has 1 atom stereocenters. The van der Waals surface area contributed by atoms with Gasteiger partial charge in [0.1, 0.15) is 11.2 Å². The number of nitrogens with zero attached hydrogens (tertiary/aromatic N) is 2. The van der Waals surface area contributed by atoms with Gasteiger partial charge in [-0.1, -0.05) is 12.1 Å². The van der Waals surface area contributed by atoms with E-state index >= 15 is 0 Å². The number of aromatic nitrogens is 2. The van der Waals surface area contributed by atoms with Gasteiger partial charge in [-0.3, -0.25) is 4.79 Å². The van der Waals surface area contributed by atoms with Gasteiger partial charge in [-0.15, -0.1) is 11.8 Å². The number of aromatic amines is 1. The van der Waals surface area contributed by atoms with Gasteiger partial charge in [0.05, 0.1) is 30.4 Å². The van der Waals surface area contributed by atoms with Crippen LogP contribution < -0.4 is 14.2 Å². The van der Waals surface area contributed by atoms with Crippen molar-refractivity contribution in [2.75, 3.05) is 19.7 Å². The molecule has 1 saturated heterocycles. The molecule has 3 aromatic rings.